The highest BCUT2D eigenvalue weighted by Crippen LogP contribution is 2.22. The number of imide groups is 1. The van der Waals surface area contributed by atoms with Gasteiger partial charge in [-0.3, -0.25) is 24.1 Å². The smallest absolute Gasteiger partial charge is 0.262 e. The number of hydrogen-bond donors (Lipinski definition) is 1. The van der Waals surface area contributed by atoms with Crippen LogP contribution in [0.2, 0.25) is 0 Å². The lowest BCUT2D eigenvalue weighted by Crippen LogP contribution is -2.49. The van der Waals surface area contributed by atoms with Gasteiger partial charge in [-0.25, -0.2) is 0 Å². The molecule has 32 heavy (non-hydrogen) atoms. The summed E-state index contributed by atoms with van der Waals surface area (Å²) in [7, 11) is 0. The van der Waals surface area contributed by atoms with Crippen LogP contribution in [-0.2, 0) is 9.59 Å². The first-order valence-corrected chi connectivity index (χ1v) is 10.7. The number of fused-ring (bicyclic) bond motifs is 1. The fraction of sp³-hybridized carbons (Fsp3) is 0.333. The summed E-state index contributed by atoms with van der Waals surface area (Å²) < 4.78 is 5.54. The fourth-order valence-corrected chi connectivity index (χ4v) is 3.97. The lowest BCUT2D eigenvalue weighted by molar-refractivity contribution is -0.132. The van der Waals surface area contributed by atoms with Crippen LogP contribution < -0.4 is 10.1 Å². The molecule has 0 radical (unpaired) electrons. The van der Waals surface area contributed by atoms with Crippen LogP contribution in [0, 0.1) is 0 Å². The van der Waals surface area contributed by atoms with Gasteiger partial charge in [0.05, 0.1) is 24.2 Å². The minimum atomic E-state index is -0.432. The molecule has 2 aliphatic rings. The van der Waals surface area contributed by atoms with E-state index in [1.165, 1.54) is 0 Å². The Morgan fingerprint density at radius 1 is 0.906 bits per heavy atom. The van der Waals surface area contributed by atoms with Crippen molar-refractivity contribution in [3.63, 3.8) is 0 Å². The molecule has 0 saturated carbocycles. The van der Waals surface area contributed by atoms with Gasteiger partial charge in [-0.2, -0.15) is 0 Å². The number of amides is 4. The van der Waals surface area contributed by atoms with E-state index in [-0.39, 0.29) is 30.8 Å². The van der Waals surface area contributed by atoms with Gasteiger partial charge in [-0.1, -0.05) is 30.3 Å². The SMILES string of the molecule is O=C(CCOc1ccccc1)NC1CCN(C(=O)CN2C(=O)c3ccccc3C2=O)CC1. The molecule has 8 heteroatoms. The normalized spacial score (nSPS) is 16.1. The topological polar surface area (TPSA) is 96.0 Å². The average Bonchev–Trinajstić information content (AvgIpc) is 3.05. The lowest BCUT2D eigenvalue weighted by atomic mass is 10.0. The molecule has 2 aliphatic heterocycles. The summed E-state index contributed by atoms with van der Waals surface area (Å²) in [5.74, 6) is -0.486. The summed E-state index contributed by atoms with van der Waals surface area (Å²) in [6, 6.07) is 15.9. The zero-order valence-corrected chi connectivity index (χ0v) is 17.7. The van der Waals surface area contributed by atoms with Crippen LogP contribution in [-0.4, -0.2) is 65.7 Å². The molecule has 2 heterocycles. The first kappa shape index (κ1) is 21.5. The van der Waals surface area contributed by atoms with E-state index in [0.29, 0.717) is 43.7 Å². The second-order valence-corrected chi connectivity index (χ2v) is 7.88. The molecule has 0 unspecified atom stereocenters. The molecule has 1 N–H and O–H groups in total. The number of rotatable bonds is 7. The van der Waals surface area contributed by atoms with Crippen molar-refractivity contribution in [2.24, 2.45) is 0 Å². The predicted octanol–water partition coefficient (Wildman–Crippen LogP) is 1.86. The molecule has 2 aromatic carbocycles. The van der Waals surface area contributed by atoms with Crippen LogP contribution in [0.25, 0.3) is 0 Å². The molecule has 0 bridgehead atoms. The summed E-state index contributed by atoms with van der Waals surface area (Å²) in [6.07, 6.45) is 1.51. The molecule has 0 aromatic heterocycles. The van der Waals surface area contributed by atoms with Crippen molar-refractivity contribution in [1.82, 2.24) is 15.1 Å². The van der Waals surface area contributed by atoms with E-state index in [1.54, 1.807) is 29.2 Å². The third kappa shape index (κ3) is 4.80. The Morgan fingerprint density at radius 2 is 1.50 bits per heavy atom. The molecule has 1 fully saturated rings. The van der Waals surface area contributed by atoms with E-state index in [4.69, 9.17) is 4.74 Å². The number of likely N-dealkylation sites (tertiary alicyclic amines) is 1. The number of nitrogens with one attached hydrogen (secondary N) is 1. The van der Waals surface area contributed by atoms with E-state index < -0.39 is 11.8 Å². The Kier molecular flexibility index (Phi) is 6.49. The molecule has 8 nitrogen and oxygen atoms in total. The molecule has 1 saturated heterocycles. The Labute approximate surface area is 186 Å². The van der Waals surface area contributed by atoms with Gasteiger partial charge in [0.25, 0.3) is 11.8 Å². The summed E-state index contributed by atoms with van der Waals surface area (Å²) in [5, 5.41) is 2.99. The third-order valence-corrected chi connectivity index (χ3v) is 5.73. The standard InChI is InChI=1S/C24H25N3O5/c28-21(12-15-32-18-6-2-1-3-7-18)25-17-10-13-26(14-11-17)22(29)16-27-23(30)19-8-4-5-9-20(19)24(27)31/h1-9,17H,10-16H2,(H,25,28). The molecule has 0 atom stereocenters. The van der Waals surface area contributed by atoms with Crippen LogP contribution in [0.1, 0.15) is 40.0 Å². The van der Waals surface area contributed by atoms with Crippen LogP contribution in [0.15, 0.2) is 54.6 Å². The molecule has 0 spiro atoms. The molecular weight excluding hydrogens is 410 g/mol. The fourth-order valence-electron chi connectivity index (χ4n) is 3.97. The van der Waals surface area contributed by atoms with Crippen LogP contribution >= 0.6 is 0 Å². The quantitative estimate of drug-likeness (QED) is 0.670. The minimum absolute atomic E-state index is 0.0115. The maximum absolute atomic E-state index is 12.7. The zero-order chi connectivity index (χ0) is 22.5. The Morgan fingerprint density at radius 3 is 2.12 bits per heavy atom. The second-order valence-electron chi connectivity index (χ2n) is 7.88. The molecule has 0 aliphatic carbocycles. The maximum atomic E-state index is 12.7. The highest BCUT2D eigenvalue weighted by atomic mass is 16.5. The molecule has 166 valence electrons. The van der Waals surface area contributed by atoms with Crippen molar-refractivity contribution in [2.75, 3.05) is 26.2 Å². The van der Waals surface area contributed by atoms with Gasteiger partial charge >= 0.3 is 0 Å². The first-order valence-electron chi connectivity index (χ1n) is 10.7. The molecule has 4 amide bonds. The van der Waals surface area contributed by atoms with Crippen molar-refractivity contribution >= 4 is 23.6 Å². The molecular formula is C24H25N3O5. The van der Waals surface area contributed by atoms with Gasteiger partial charge in [0.2, 0.25) is 11.8 Å². The largest absolute Gasteiger partial charge is 0.493 e. The van der Waals surface area contributed by atoms with Crippen LogP contribution in [0.3, 0.4) is 0 Å². The van der Waals surface area contributed by atoms with Crippen molar-refractivity contribution in [1.29, 1.82) is 0 Å². The lowest BCUT2D eigenvalue weighted by Gasteiger charge is -2.33. The summed E-state index contributed by atoms with van der Waals surface area (Å²) in [6.45, 7) is 0.967. The van der Waals surface area contributed by atoms with Gasteiger partial charge < -0.3 is 15.0 Å². The van der Waals surface area contributed by atoms with Crippen LogP contribution in [0.4, 0.5) is 0 Å². The highest BCUT2D eigenvalue weighted by Gasteiger charge is 2.37. The number of hydrogen-bond acceptors (Lipinski definition) is 5. The zero-order valence-electron chi connectivity index (χ0n) is 17.7. The van der Waals surface area contributed by atoms with E-state index in [2.05, 4.69) is 5.32 Å². The summed E-state index contributed by atoms with van der Waals surface area (Å²) in [4.78, 5) is 52.4. The highest BCUT2D eigenvalue weighted by molar-refractivity contribution is 6.22. The first-order chi connectivity index (χ1) is 15.5. The third-order valence-electron chi connectivity index (χ3n) is 5.73. The second kappa shape index (κ2) is 9.64. The number of para-hydroxylation sites is 1. The van der Waals surface area contributed by atoms with E-state index in [0.717, 1.165) is 10.6 Å². The monoisotopic (exact) mass is 435 g/mol. The minimum Gasteiger partial charge on any atom is -0.493 e. The van der Waals surface area contributed by atoms with Crippen LogP contribution in [0.5, 0.6) is 5.75 Å². The molecule has 2 aromatic rings. The van der Waals surface area contributed by atoms with E-state index in [9.17, 15) is 19.2 Å². The number of benzene rings is 2. The summed E-state index contributed by atoms with van der Waals surface area (Å²) >= 11 is 0. The Hall–Kier alpha value is -3.68. The number of carbonyl (C=O) groups excluding carboxylic acids is 4. The van der Waals surface area contributed by atoms with Crippen molar-refractivity contribution in [2.45, 2.75) is 25.3 Å². The number of nitrogens with zero attached hydrogens (tertiary/aromatic N) is 2. The van der Waals surface area contributed by atoms with Crippen molar-refractivity contribution in [3.8, 4) is 5.75 Å². The van der Waals surface area contributed by atoms with E-state index >= 15 is 0 Å². The molecule has 4 rings (SSSR count). The van der Waals surface area contributed by atoms with Gasteiger partial charge in [0.1, 0.15) is 12.3 Å². The van der Waals surface area contributed by atoms with Gasteiger partial charge in [-0.15, -0.1) is 0 Å². The van der Waals surface area contributed by atoms with E-state index in [1.807, 2.05) is 30.3 Å². The average molecular weight is 435 g/mol. The van der Waals surface area contributed by atoms with Crippen molar-refractivity contribution in [3.05, 3.63) is 65.7 Å². The Bertz CT molecular complexity index is 980. The number of ether oxygens (including phenoxy) is 1. The Balaban J connectivity index is 1.19. The van der Waals surface area contributed by atoms with Gasteiger partial charge in [-0.05, 0) is 37.1 Å². The van der Waals surface area contributed by atoms with Gasteiger partial charge in [0.15, 0.2) is 0 Å². The number of piperidine rings is 1. The summed E-state index contributed by atoms with van der Waals surface area (Å²) in [5.41, 5.74) is 0.672. The maximum Gasteiger partial charge on any atom is 0.262 e. The van der Waals surface area contributed by atoms with Crippen molar-refractivity contribution < 1.29 is 23.9 Å². The number of carbonyl (C=O) groups is 4. The van der Waals surface area contributed by atoms with Gasteiger partial charge in [0, 0.05) is 19.1 Å². The predicted molar refractivity (Wildman–Crippen MR) is 116 cm³/mol.